The lowest BCUT2D eigenvalue weighted by atomic mass is 10.3. The summed E-state index contributed by atoms with van der Waals surface area (Å²) in [7, 11) is 3.32. The van der Waals surface area contributed by atoms with E-state index in [0.29, 0.717) is 5.02 Å². The molecule has 2 rings (SSSR count). The Labute approximate surface area is 116 Å². The molecule has 0 saturated carbocycles. The van der Waals surface area contributed by atoms with E-state index in [9.17, 15) is 4.79 Å². The van der Waals surface area contributed by atoms with Crippen LogP contribution in [0.2, 0.25) is 5.02 Å². The second-order valence-electron chi connectivity index (χ2n) is 3.87. The SMILES string of the molecule is COCN1C(=O)N(c2ccc(Cl)cc2)C(S)N1C. The molecule has 1 saturated heterocycles. The van der Waals surface area contributed by atoms with Crippen molar-refractivity contribution in [3.8, 4) is 0 Å². The van der Waals surface area contributed by atoms with Crippen LogP contribution in [0.1, 0.15) is 0 Å². The van der Waals surface area contributed by atoms with Gasteiger partial charge < -0.3 is 4.74 Å². The molecule has 1 atom stereocenters. The van der Waals surface area contributed by atoms with Gasteiger partial charge in [0, 0.05) is 24.9 Å². The van der Waals surface area contributed by atoms with Crippen LogP contribution >= 0.6 is 24.2 Å². The first-order chi connectivity index (χ1) is 8.56. The van der Waals surface area contributed by atoms with Crippen LogP contribution in [0.15, 0.2) is 24.3 Å². The summed E-state index contributed by atoms with van der Waals surface area (Å²) in [6.45, 7) is 0.191. The van der Waals surface area contributed by atoms with E-state index in [2.05, 4.69) is 12.6 Å². The van der Waals surface area contributed by atoms with E-state index in [1.165, 1.54) is 5.01 Å². The van der Waals surface area contributed by atoms with Crippen LogP contribution in [0.4, 0.5) is 10.5 Å². The predicted octanol–water partition coefficient (Wildman–Crippen LogP) is 2.25. The molecule has 1 unspecified atom stereocenters. The summed E-state index contributed by atoms with van der Waals surface area (Å²) in [5.41, 5.74) is 0.378. The Hall–Kier alpha value is -0.950. The number of hydrazine groups is 1. The van der Waals surface area contributed by atoms with Gasteiger partial charge in [0.1, 0.15) is 6.73 Å². The number of hydrogen-bond acceptors (Lipinski definition) is 4. The van der Waals surface area contributed by atoms with Crippen molar-refractivity contribution >= 4 is 35.9 Å². The van der Waals surface area contributed by atoms with Crippen molar-refractivity contribution in [3.05, 3.63) is 29.3 Å². The Morgan fingerprint density at radius 3 is 2.56 bits per heavy atom. The molecule has 1 aromatic carbocycles. The average molecular weight is 288 g/mol. The molecule has 1 heterocycles. The second-order valence-corrected chi connectivity index (χ2v) is 4.76. The quantitative estimate of drug-likeness (QED) is 0.866. The van der Waals surface area contributed by atoms with Crippen molar-refractivity contribution in [1.29, 1.82) is 0 Å². The maximum atomic E-state index is 12.2. The highest BCUT2D eigenvalue weighted by atomic mass is 35.5. The first-order valence-corrected chi connectivity index (χ1v) is 6.21. The molecule has 1 fully saturated rings. The fraction of sp³-hybridized carbons (Fsp3) is 0.364. The zero-order valence-corrected chi connectivity index (χ0v) is 11.7. The Morgan fingerprint density at radius 2 is 2.00 bits per heavy atom. The van der Waals surface area contributed by atoms with Gasteiger partial charge >= 0.3 is 6.03 Å². The number of nitrogens with zero attached hydrogens (tertiary/aromatic N) is 3. The zero-order chi connectivity index (χ0) is 13.3. The highest BCUT2D eigenvalue weighted by Crippen LogP contribution is 2.29. The van der Waals surface area contributed by atoms with Crippen LogP contribution < -0.4 is 4.90 Å². The number of carbonyl (C=O) groups excluding carboxylic acids is 1. The highest BCUT2D eigenvalue weighted by Gasteiger charge is 2.40. The Bertz CT molecular complexity index is 442. The van der Waals surface area contributed by atoms with E-state index in [4.69, 9.17) is 16.3 Å². The third-order valence-corrected chi connectivity index (χ3v) is 3.55. The van der Waals surface area contributed by atoms with E-state index in [0.717, 1.165) is 5.69 Å². The van der Waals surface area contributed by atoms with Gasteiger partial charge in [-0.2, -0.15) is 5.01 Å². The Kier molecular flexibility index (Phi) is 4.01. The fourth-order valence-corrected chi connectivity index (χ4v) is 2.25. The molecule has 0 N–H and O–H groups in total. The minimum Gasteiger partial charge on any atom is -0.363 e. The van der Waals surface area contributed by atoms with E-state index in [-0.39, 0.29) is 18.3 Å². The van der Waals surface area contributed by atoms with Crippen LogP contribution in [0.3, 0.4) is 0 Å². The van der Waals surface area contributed by atoms with E-state index >= 15 is 0 Å². The molecule has 0 aromatic heterocycles. The summed E-state index contributed by atoms with van der Waals surface area (Å²) in [6, 6.07) is 6.87. The largest absolute Gasteiger partial charge is 0.363 e. The number of methoxy groups -OCH3 is 1. The minimum absolute atomic E-state index is 0.179. The molecule has 1 aliphatic rings. The number of benzene rings is 1. The molecule has 0 bridgehead atoms. The number of amides is 2. The molecule has 2 amide bonds. The summed E-state index contributed by atoms with van der Waals surface area (Å²) in [5.74, 6) is 0. The summed E-state index contributed by atoms with van der Waals surface area (Å²) in [5, 5.41) is 3.82. The van der Waals surface area contributed by atoms with E-state index in [1.54, 1.807) is 48.3 Å². The van der Waals surface area contributed by atoms with Gasteiger partial charge in [0.25, 0.3) is 0 Å². The Balaban J connectivity index is 2.28. The smallest absolute Gasteiger partial charge is 0.343 e. The molecule has 0 spiro atoms. The second kappa shape index (κ2) is 5.36. The molecule has 1 aromatic rings. The first kappa shape index (κ1) is 13.5. The number of rotatable bonds is 3. The predicted molar refractivity (Wildman–Crippen MR) is 73.6 cm³/mol. The van der Waals surface area contributed by atoms with Gasteiger partial charge in [0.15, 0.2) is 5.50 Å². The summed E-state index contributed by atoms with van der Waals surface area (Å²) in [6.07, 6.45) is 0. The highest BCUT2D eigenvalue weighted by molar-refractivity contribution is 7.81. The molecule has 0 radical (unpaired) electrons. The first-order valence-electron chi connectivity index (χ1n) is 5.32. The standard InChI is InChI=1S/C11H14ClN3O2S/c1-13-11(18)15(10(16)14(13)7-17-2)9-5-3-8(12)4-6-9/h3-6,11,18H,7H2,1-2H3. The zero-order valence-electron chi connectivity index (χ0n) is 10.1. The number of halogens is 1. The van der Waals surface area contributed by atoms with Crippen molar-refractivity contribution in [1.82, 2.24) is 10.0 Å². The number of carbonyl (C=O) groups is 1. The average Bonchev–Trinajstić information content (AvgIpc) is 2.56. The summed E-state index contributed by atoms with van der Waals surface area (Å²) >= 11 is 10.3. The molecule has 5 nitrogen and oxygen atoms in total. The van der Waals surface area contributed by atoms with Gasteiger partial charge in [-0.05, 0) is 24.3 Å². The van der Waals surface area contributed by atoms with E-state index < -0.39 is 0 Å². The molecular formula is C11H14ClN3O2S. The van der Waals surface area contributed by atoms with Crippen molar-refractivity contribution < 1.29 is 9.53 Å². The molecule has 7 heteroatoms. The van der Waals surface area contributed by atoms with Crippen LogP contribution in [-0.2, 0) is 4.74 Å². The summed E-state index contributed by atoms with van der Waals surface area (Å²) in [4.78, 5) is 13.8. The van der Waals surface area contributed by atoms with Crippen molar-refractivity contribution in [2.75, 3.05) is 25.8 Å². The van der Waals surface area contributed by atoms with Gasteiger partial charge in [0.05, 0.1) is 0 Å². The Morgan fingerprint density at radius 1 is 1.39 bits per heavy atom. The summed E-state index contributed by atoms with van der Waals surface area (Å²) < 4.78 is 5.00. The number of thiol groups is 1. The van der Waals surface area contributed by atoms with Crippen LogP contribution in [-0.4, -0.2) is 42.4 Å². The number of anilines is 1. The maximum Gasteiger partial charge on any atom is 0.343 e. The van der Waals surface area contributed by atoms with Crippen LogP contribution in [0, 0.1) is 0 Å². The van der Waals surface area contributed by atoms with Gasteiger partial charge in [-0.25, -0.2) is 9.80 Å². The third-order valence-electron chi connectivity index (χ3n) is 2.73. The van der Waals surface area contributed by atoms with Crippen molar-refractivity contribution in [2.45, 2.75) is 5.50 Å². The lowest BCUT2D eigenvalue weighted by molar-refractivity contribution is -0.0196. The van der Waals surface area contributed by atoms with Gasteiger partial charge in [-0.3, -0.25) is 4.90 Å². The molecule has 98 valence electrons. The number of hydrogen-bond donors (Lipinski definition) is 1. The molecule has 18 heavy (non-hydrogen) atoms. The third kappa shape index (κ3) is 2.29. The normalized spacial score (nSPS) is 20.9. The lowest BCUT2D eigenvalue weighted by Gasteiger charge is -2.23. The topological polar surface area (TPSA) is 36.0 Å². The van der Waals surface area contributed by atoms with Crippen molar-refractivity contribution in [3.63, 3.8) is 0 Å². The number of urea groups is 1. The lowest BCUT2D eigenvalue weighted by Crippen LogP contribution is -2.38. The molecule has 0 aliphatic carbocycles. The number of ether oxygens (including phenoxy) is 1. The van der Waals surface area contributed by atoms with Gasteiger partial charge in [-0.15, -0.1) is 12.6 Å². The van der Waals surface area contributed by atoms with Crippen LogP contribution in [0.25, 0.3) is 0 Å². The van der Waals surface area contributed by atoms with Gasteiger partial charge in [0.2, 0.25) is 0 Å². The minimum atomic E-state index is -0.367. The van der Waals surface area contributed by atoms with E-state index in [1.807, 2.05) is 0 Å². The van der Waals surface area contributed by atoms with Crippen molar-refractivity contribution in [2.24, 2.45) is 0 Å². The molecular weight excluding hydrogens is 274 g/mol. The molecule has 1 aliphatic heterocycles. The van der Waals surface area contributed by atoms with Gasteiger partial charge in [-0.1, -0.05) is 11.6 Å². The maximum absolute atomic E-state index is 12.2. The monoisotopic (exact) mass is 287 g/mol. The fourth-order valence-electron chi connectivity index (χ4n) is 1.76. The van der Waals surface area contributed by atoms with Crippen LogP contribution in [0.5, 0.6) is 0 Å².